The van der Waals surface area contributed by atoms with Gasteiger partial charge in [0.15, 0.2) is 0 Å². The van der Waals surface area contributed by atoms with Gasteiger partial charge in [-0.1, -0.05) is 48.5 Å². The topological polar surface area (TPSA) is 66.5 Å². The largest absolute Gasteiger partial charge is 0.337 e. The molecule has 0 aromatic heterocycles. The van der Waals surface area contributed by atoms with Gasteiger partial charge < -0.3 is 4.90 Å². The van der Waals surface area contributed by atoms with Gasteiger partial charge in [-0.25, -0.2) is 8.42 Å². The highest BCUT2D eigenvalue weighted by Crippen LogP contribution is 2.22. The predicted molar refractivity (Wildman–Crippen MR) is 115 cm³/mol. The predicted octanol–water partition coefficient (Wildman–Crippen LogP) is 4.38. The lowest BCUT2D eigenvalue weighted by Crippen LogP contribution is -2.26. The Balaban J connectivity index is 1.86. The third kappa shape index (κ3) is 5.03. The Morgan fingerprint density at radius 2 is 1.66 bits per heavy atom. The quantitative estimate of drug-likeness (QED) is 0.658. The first-order valence-corrected chi connectivity index (χ1v) is 10.7. The molecule has 0 aliphatic carbocycles. The van der Waals surface area contributed by atoms with Crippen LogP contribution in [0.15, 0.2) is 77.7 Å². The smallest absolute Gasteiger partial charge is 0.262 e. The zero-order chi connectivity index (χ0) is 21.0. The van der Waals surface area contributed by atoms with Crippen LogP contribution in [0, 0.1) is 13.8 Å². The molecule has 0 saturated heterocycles. The Morgan fingerprint density at radius 1 is 0.931 bits per heavy atom. The Morgan fingerprint density at radius 3 is 2.34 bits per heavy atom. The monoisotopic (exact) mass is 408 g/mol. The van der Waals surface area contributed by atoms with Crippen LogP contribution < -0.4 is 4.72 Å². The molecule has 0 heterocycles. The van der Waals surface area contributed by atoms with Crippen molar-refractivity contribution in [1.29, 1.82) is 0 Å². The van der Waals surface area contributed by atoms with E-state index >= 15 is 0 Å². The first kappa shape index (κ1) is 20.6. The molecule has 3 aromatic carbocycles. The lowest BCUT2D eigenvalue weighted by atomic mass is 10.1. The fourth-order valence-corrected chi connectivity index (χ4v) is 4.41. The number of hydrogen-bond acceptors (Lipinski definition) is 3. The lowest BCUT2D eigenvalue weighted by molar-refractivity contribution is 0.0785. The molecule has 0 atom stereocenters. The average Bonchev–Trinajstić information content (AvgIpc) is 2.68. The average molecular weight is 409 g/mol. The van der Waals surface area contributed by atoms with Crippen molar-refractivity contribution in [1.82, 2.24) is 4.90 Å². The van der Waals surface area contributed by atoms with Crippen molar-refractivity contribution in [3.63, 3.8) is 0 Å². The van der Waals surface area contributed by atoms with Crippen molar-refractivity contribution in [3.8, 4) is 0 Å². The van der Waals surface area contributed by atoms with E-state index in [0.717, 1.165) is 11.1 Å². The van der Waals surface area contributed by atoms with Gasteiger partial charge in [-0.3, -0.25) is 9.52 Å². The van der Waals surface area contributed by atoms with Crippen LogP contribution in [0.1, 0.15) is 27.0 Å². The van der Waals surface area contributed by atoms with Crippen molar-refractivity contribution in [3.05, 3.63) is 95.1 Å². The highest BCUT2D eigenvalue weighted by atomic mass is 32.2. The molecule has 1 amide bonds. The number of rotatable bonds is 6. The minimum atomic E-state index is -3.82. The molecule has 6 heteroatoms. The van der Waals surface area contributed by atoms with Gasteiger partial charge in [-0.15, -0.1) is 0 Å². The number of nitrogens with zero attached hydrogens (tertiary/aromatic N) is 1. The molecule has 0 unspecified atom stereocenters. The van der Waals surface area contributed by atoms with E-state index in [-0.39, 0.29) is 10.8 Å². The van der Waals surface area contributed by atoms with Crippen molar-refractivity contribution < 1.29 is 13.2 Å². The van der Waals surface area contributed by atoms with E-state index in [1.165, 1.54) is 6.07 Å². The third-order valence-corrected chi connectivity index (χ3v) is 6.13. The van der Waals surface area contributed by atoms with E-state index in [2.05, 4.69) is 4.72 Å². The molecule has 0 aliphatic rings. The van der Waals surface area contributed by atoms with Gasteiger partial charge in [0.2, 0.25) is 0 Å². The van der Waals surface area contributed by atoms with E-state index in [1.54, 1.807) is 49.2 Å². The summed E-state index contributed by atoms with van der Waals surface area (Å²) in [4.78, 5) is 14.5. The van der Waals surface area contributed by atoms with E-state index in [4.69, 9.17) is 0 Å². The molecule has 29 heavy (non-hydrogen) atoms. The number of nitrogens with one attached hydrogen (secondary N) is 1. The second-order valence-electron chi connectivity index (χ2n) is 7.10. The first-order valence-electron chi connectivity index (χ1n) is 9.26. The summed E-state index contributed by atoms with van der Waals surface area (Å²) in [5, 5.41) is 0. The first-order chi connectivity index (χ1) is 13.8. The van der Waals surface area contributed by atoms with Gasteiger partial charge >= 0.3 is 0 Å². The minimum Gasteiger partial charge on any atom is -0.337 e. The number of aryl methyl sites for hydroxylation is 2. The molecule has 150 valence electrons. The van der Waals surface area contributed by atoms with Crippen LogP contribution in [0.3, 0.4) is 0 Å². The van der Waals surface area contributed by atoms with Crippen LogP contribution in [0.4, 0.5) is 5.69 Å². The zero-order valence-corrected chi connectivity index (χ0v) is 17.5. The molecule has 0 fully saturated rings. The van der Waals surface area contributed by atoms with E-state index in [0.29, 0.717) is 23.4 Å². The second-order valence-corrected chi connectivity index (χ2v) is 8.75. The molecule has 0 spiro atoms. The third-order valence-electron chi connectivity index (χ3n) is 4.60. The lowest BCUT2D eigenvalue weighted by Gasteiger charge is -2.18. The highest BCUT2D eigenvalue weighted by molar-refractivity contribution is 7.92. The SMILES string of the molecule is Cc1cccc(NS(=O)(=O)c2cc(C(=O)N(C)Cc3ccccc3)ccc2C)c1. The number of amides is 1. The number of benzene rings is 3. The fourth-order valence-electron chi connectivity index (χ4n) is 3.09. The van der Waals surface area contributed by atoms with E-state index < -0.39 is 10.0 Å². The molecule has 1 N–H and O–H groups in total. The molecule has 0 saturated carbocycles. The van der Waals surface area contributed by atoms with Crippen LogP contribution in [-0.4, -0.2) is 26.3 Å². The minimum absolute atomic E-state index is 0.0953. The Labute approximate surface area is 172 Å². The maximum absolute atomic E-state index is 12.9. The summed E-state index contributed by atoms with van der Waals surface area (Å²) >= 11 is 0. The normalized spacial score (nSPS) is 11.1. The molecule has 0 bridgehead atoms. The van der Waals surface area contributed by atoms with Crippen molar-refractivity contribution in [2.24, 2.45) is 0 Å². The van der Waals surface area contributed by atoms with Crippen molar-refractivity contribution >= 4 is 21.6 Å². The Kier molecular flexibility index (Phi) is 6.03. The van der Waals surface area contributed by atoms with Crippen LogP contribution in [0.5, 0.6) is 0 Å². The summed E-state index contributed by atoms with van der Waals surface area (Å²) in [5.41, 5.74) is 3.35. The molecule has 5 nitrogen and oxygen atoms in total. The molecule has 0 radical (unpaired) electrons. The maximum atomic E-state index is 12.9. The zero-order valence-electron chi connectivity index (χ0n) is 16.7. The summed E-state index contributed by atoms with van der Waals surface area (Å²) in [7, 11) is -2.12. The van der Waals surface area contributed by atoms with Crippen LogP contribution >= 0.6 is 0 Å². The fraction of sp³-hybridized carbons (Fsp3) is 0.174. The van der Waals surface area contributed by atoms with Crippen LogP contribution in [0.25, 0.3) is 0 Å². The molecule has 3 rings (SSSR count). The van der Waals surface area contributed by atoms with Gasteiger partial charge in [-0.05, 0) is 54.8 Å². The van der Waals surface area contributed by atoms with E-state index in [9.17, 15) is 13.2 Å². The van der Waals surface area contributed by atoms with Gasteiger partial charge in [0.05, 0.1) is 4.90 Å². The summed E-state index contributed by atoms with van der Waals surface area (Å²) in [6.07, 6.45) is 0. The Hall–Kier alpha value is -3.12. The van der Waals surface area contributed by atoms with Crippen molar-refractivity contribution in [2.45, 2.75) is 25.3 Å². The maximum Gasteiger partial charge on any atom is 0.262 e. The highest BCUT2D eigenvalue weighted by Gasteiger charge is 2.21. The second kappa shape index (κ2) is 8.49. The summed E-state index contributed by atoms with van der Waals surface area (Å²) < 4.78 is 28.5. The molecule has 0 aliphatic heterocycles. The Bertz CT molecular complexity index is 1130. The van der Waals surface area contributed by atoms with Crippen molar-refractivity contribution in [2.75, 3.05) is 11.8 Å². The number of anilines is 1. The summed E-state index contributed by atoms with van der Waals surface area (Å²) in [6, 6.07) is 21.5. The van der Waals surface area contributed by atoms with Gasteiger partial charge in [0.25, 0.3) is 15.9 Å². The summed E-state index contributed by atoms with van der Waals surface area (Å²) in [5.74, 6) is -0.235. The molecular weight excluding hydrogens is 384 g/mol. The van der Waals surface area contributed by atoms with Gasteiger partial charge in [0.1, 0.15) is 0 Å². The number of sulfonamides is 1. The standard InChI is InChI=1S/C23H24N2O3S/c1-17-8-7-11-21(14-17)24-29(27,28)22-15-20(13-12-18(22)2)23(26)25(3)16-19-9-5-4-6-10-19/h4-15,24H,16H2,1-3H3. The molecular formula is C23H24N2O3S. The van der Waals surface area contributed by atoms with Crippen LogP contribution in [-0.2, 0) is 16.6 Å². The number of hydrogen-bond donors (Lipinski definition) is 1. The van der Waals surface area contributed by atoms with Crippen LogP contribution in [0.2, 0.25) is 0 Å². The molecule has 3 aromatic rings. The summed E-state index contributed by atoms with van der Waals surface area (Å²) in [6.45, 7) is 4.05. The number of carbonyl (C=O) groups excluding carboxylic acids is 1. The van der Waals surface area contributed by atoms with E-state index in [1.807, 2.05) is 43.3 Å². The number of carbonyl (C=O) groups is 1. The van der Waals surface area contributed by atoms with Gasteiger partial charge in [-0.2, -0.15) is 0 Å². The van der Waals surface area contributed by atoms with Gasteiger partial charge in [0, 0.05) is 24.8 Å².